The molecule has 0 spiro atoms. The van der Waals surface area contributed by atoms with Crippen molar-refractivity contribution in [1.82, 2.24) is 0 Å². The molecule has 2 saturated carbocycles. The van der Waals surface area contributed by atoms with E-state index in [1.165, 1.54) is 44.9 Å². The summed E-state index contributed by atoms with van der Waals surface area (Å²) in [7, 11) is 0. The molecule has 0 aromatic carbocycles. The van der Waals surface area contributed by atoms with Crippen molar-refractivity contribution in [3.63, 3.8) is 0 Å². The Morgan fingerprint density at radius 2 is 1.88 bits per heavy atom. The Hall–Kier alpha value is 0.110. The second kappa shape index (κ2) is 5.40. The fraction of sp³-hybridized carbons (Fsp3) is 1.00. The molecule has 0 aliphatic heterocycles. The van der Waals surface area contributed by atoms with E-state index in [2.05, 4.69) is 13.8 Å². The van der Waals surface area contributed by atoms with Gasteiger partial charge in [-0.1, -0.05) is 26.7 Å². The quantitative estimate of drug-likeness (QED) is 0.778. The molecule has 2 rings (SSSR count). The average Bonchev–Trinajstić information content (AvgIpc) is 2.22. The fourth-order valence-corrected chi connectivity index (χ4v) is 4.52. The summed E-state index contributed by atoms with van der Waals surface area (Å²) in [6, 6.07) is 0. The lowest BCUT2D eigenvalue weighted by atomic mass is 9.61. The Bertz CT molecular complexity index is 288. The predicted molar refractivity (Wildman–Crippen MR) is 72.2 cm³/mol. The molecule has 2 aliphatic rings. The Morgan fingerprint density at radius 3 is 2.41 bits per heavy atom. The normalized spacial score (nSPS) is 38.4. The molecule has 0 aromatic rings. The van der Waals surface area contributed by atoms with E-state index < -0.39 is 11.1 Å². The van der Waals surface area contributed by atoms with Crippen LogP contribution in [0.2, 0.25) is 0 Å². The summed E-state index contributed by atoms with van der Waals surface area (Å²) in [5.41, 5.74) is 0.497. The van der Waals surface area contributed by atoms with Gasteiger partial charge in [-0.3, -0.25) is 0 Å². The van der Waals surface area contributed by atoms with Gasteiger partial charge in [0.15, 0.2) is 11.1 Å². The standard InChI is InChI=1S/C14H26O2S/c1-14(2)8-4-3-5-13(14)9-11-6-7-12(11)10-17(15)16/h11-13H,3-10H2,1-2H3,(H,15,16). The Labute approximate surface area is 108 Å². The molecule has 1 N–H and O–H groups in total. The van der Waals surface area contributed by atoms with Gasteiger partial charge in [-0.25, -0.2) is 4.21 Å². The molecule has 0 saturated heterocycles. The first-order chi connectivity index (χ1) is 7.99. The van der Waals surface area contributed by atoms with Crippen LogP contribution in [-0.2, 0) is 11.1 Å². The van der Waals surface area contributed by atoms with Crippen LogP contribution in [0.25, 0.3) is 0 Å². The van der Waals surface area contributed by atoms with Crippen LogP contribution in [0.15, 0.2) is 0 Å². The van der Waals surface area contributed by atoms with Crippen LogP contribution in [-0.4, -0.2) is 14.5 Å². The van der Waals surface area contributed by atoms with Crippen LogP contribution in [0.4, 0.5) is 0 Å². The molecule has 17 heavy (non-hydrogen) atoms. The lowest BCUT2D eigenvalue weighted by Crippen LogP contribution is -2.36. The SMILES string of the molecule is CC1(C)CCCCC1CC1CCC1CS(=O)O. The highest BCUT2D eigenvalue weighted by Gasteiger charge is 2.39. The maximum absolute atomic E-state index is 10.9. The van der Waals surface area contributed by atoms with Crippen molar-refractivity contribution >= 4 is 11.1 Å². The van der Waals surface area contributed by atoms with Crippen LogP contribution >= 0.6 is 0 Å². The van der Waals surface area contributed by atoms with Gasteiger partial charge >= 0.3 is 0 Å². The molecule has 2 fully saturated rings. The minimum absolute atomic E-state index is 0.497. The van der Waals surface area contributed by atoms with Gasteiger partial charge in [0.2, 0.25) is 0 Å². The lowest BCUT2D eigenvalue weighted by molar-refractivity contribution is 0.0681. The Balaban J connectivity index is 1.86. The summed E-state index contributed by atoms with van der Waals surface area (Å²) in [4.78, 5) is 0. The lowest BCUT2D eigenvalue weighted by Gasteiger charge is -2.45. The molecule has 3 heteroatoms. The molecular formula is C14H26O2S. The van der Waals surface area contributed by atoms with E-state index in [9.17, 15) is 4.21 Å². The molecule has 2 aliphatic carbocycles. The first kappa shape index (κ1) is 13.5. The zero-order valence-electron chi connectivity index (χ0n) is 11.2. The third-order valence-corrected chi connectivity index (χ3v) is 5.96. The molecule has 0 radical (unpaired) electrons. The van der Waals surface area contributed by atoms with Gasteiger partial charge in [-0.05, 0) is 55.3 Å². The topological polar surface area (TPSA) is 37.3 Å². The molecular weight excluding hydrogens is 232 g/mol. The minimum Gasteiger partial charge on any atom is -0.306 e. The van der Waals surface area contributed by atoms with E-state index in [1.54, 1.807) is 0 Å². The fourth-order valence-electron chi connectivity index (χ4n) is 3.72. The molecule has 0 heterocycles. The van der Waals surface area contributed by atoms with E-state index in [-0.39, 0.29) is 0 Å². The van der Waals surface area contributed by atoms with Gasteiger partial charge in [0.05, 0.1) is 5.75 Å². The van der Waals surface area contributed by atoms with E-state index in [4.69, 9.17) is 4.55 Å². The molecule has 4 atom stereocenters. The van der Waals surface area contributed by atoms with Crippen LogP contribution in [0.3, 0.4) is 0 Å². The van der Waals surface area contributed by atoms with Crippen LogP contribution in [0, 0.1) is 23.2 Å². The van der Waals surface area contributed by atoms with E-state index >= 15 is 0 Å². The van der Waals surface area contributed by atoms with Crippen LogP contribution < -0.4 is 0 Å². The predicted octanol–water partition coefficient (Wildman–Crippen LogP) is 3.84. The van der Waals surface area contributed by atoms with Crippen molar-refractivity contribution in [2.75, 3.05) is 5.75 Å². The summed E-state index contributed by atoms with van der Waals surface area (Å²) in [6.45, 7) is 4.82. The third-order valence-electron chi connectivity index (χ3n) is 5.25. The Kier molecular flexibility index (Phi) is 4.30. The summed E-state index contributed by atoms with van der Waals surface area (Å²) < 4.78 is 19.9. The largest absolute Gasteiger partial charge is 0.306 e. The van der Waals surface area contributed by atoms with Gasteiger partial charge in [-0.15, -0.1) is 0 Å². The monoisotopic (exact) mass is 258 g/mol. The highest BCUT2D eigenvalue weighted by Crippen LogP contribution is 2.48. The summed E-state index contributed by atoms with van der Waals surface area (Å²) in [6.07, 6.45) is 9.27. The minimum atomic E-state index is -1.59. The smallest absolute Gasteiger partial charge is 0.153 e. The van der Waals surface area contributed by atoms with Crippen LogP contribution in [0.1, 0.15) is 58.8 Å². The summed E-state index contributed by atoms with van der Waals surface area (Å²) in [5, 5.41) is 0. The van der Waals surface area contributed by atoms with E-state index in [0.717, 1.165) is 11.8 Å². The summed E-state index contributed by atoms with van der Waals surface area (Å²) in [5.74, 6) is 2.61. The maximum atomic E-state index is 10.9. The van der Waals surface area contributed by atoms with Crippen molar-refractivity contribution in [2.24, 2.45) is 23.2 Å². The molecule has 2 nitrogen and oxygen atoms in total. The van der Waals surface area contributed by atoms with Gasteiger partial charge in [-0.2, -0.15) is 0 Å². The van der Waals surface area contributed by atoms with Crippen molar-refractivity contribution in [3.8, 4) is 0 Å². The second-order valence-corrected chi connectivity index (χ2v) is 7.73. The van der Waals surface area contributed by atoms with Crippen LogP contribution in [0.5, 0.6) is 0 Å². The molecule has 100 valence electrons. The van der Waals surface area contributed by atoms with E-state index in [1.807, 2.05) is 0 Å². The zero-order valence-corrected chi connectivity index (χ0v) is 12.0. The highest BCUT2D eigenvalue weighted by atomic mass is 32.2. The van der Waals surface area contributed by atoms with Gasteiger partial charge in [0.1, 0.15) is 0 Å². The average molecular weight is 258 g/mol. The molecule has 0 aromatic heterocycles. The Morgan fingerprint density at radius 1 is 1.18 bits per heavy atom. The number of hydrogen-bond acceptors (Lipinski definition) is 1. The zero-order chi connectivity index (χ0) is 12.5. The van der Waals surface area contributed by atoms with Gasteiger partial charge < -0.3 is 4.55 Å². The number of rotatable bonds is 4. The molecule has 0 bridgehead atoms. The number of hydrogen-bond donors (Lipinski definition) is 1. The molecule has 4 unspecified atom stereocenters. The van der Waals surface area contributed by atoms with Crippen molar-refractivity contribution in [1.29, 1.82) is 0 Å². The van der Waals surface area contributed by atoms with E-state index in [0.29, 0.717) is 17.1 Å². The van der Waals surface area contributed by atoms with Gasteiger partial charge in [0, 0.05) is 0 Å². The molecule has 0 amide bonds. The first-order valence-electron chi connectivity index (χ1n) is 7.06. The summed E-state index contributed by atoms with van der Waals surface area (Å²) >= 11 is -1.59. The van der Waals surface area contributed by atoms with Crippen molar-refractivity contribution < 1.29 is 8.76 Å². The first-order valence-corrected chi connectivity index (χ1v) is 8.34. The second-order valence-electron chi connectivity index (χ2n) is 6.75. The third kappa shape index (κ3) is 3.31. The highest BCUT2D eigenvalue weighted by molar-refractivity contribution is 7.79. The van der Waals surface area contributed by atoms with Crippen molar-refractivity contribution in [2.45, 2.75) is 58.8 Å². The maximum Gasteiger partial charge on any atom is 0.153 e. The van der Waals surface area contributed by atoms with Gasteiger partial charge in [0.25, 0.3) is 0 Å². The van der Waals surface area contributed by atoms with Crippen molar-refractivity contribution in [3.05, 3.63) is 0 Å².